The second-order valence-electron chi connectivity index (χ2n) is 3.85. The third kappa shape index (κ3) is 3.62. The van der Waals surface area contributed by atoms with Gasteiger partial charge >= 0.3 is 5.97 Å². The maximum Gasteiger partial charge on any atom is 0.317 e. The van der Waals surface area contributed by atoms with Gasteiger partial charge in [-0.25, -0.2) is 0 Å². The van der Waals surface area contributed by atoms with E-state index in [4.69, 9.17) is 9.63 Å². The van der Waals surface area contributed by atoms with E-state index in [0.29, 0.717) is 24.7 Å². The minimum absolute atomic E-state index is 0.0263. The Morgan fingerprint density at radius 1 is 1.56 bits per heavy atom. The van der Waals surface area contributed by atoms with Crippen LogP contribution in [0.2, 0.25) is 0 Å². The van der Waals surface area contributed by atoms with E-state index in [1.54, 1.807) is 4.90 Å². The van der Waals surface area contributed by atoms with Gasteiger partial charge in [0.25, 0.3) is 0 Å². The zero-order chi connectivity index (χ0) is 12.1. The SMILES string of the molecule is CCc1noc(CN(CC(=O)O)C(C)C)n1. The van der Waals surface area contributed by atoms with Gasteiger partial charge in [0.1, 0.15) is 0 Å². The van der Waals surface area contributed by atoms with Gasteiger partial charge in [-0.3, -0.25) is 9.69 Å². The maximum atomic E-state index is 10.7. The predicted molar refractivity (Wildman–Crippen MR) is 56.9 cm³/mol. The molecule has 0 saturated heterocycles. The van der Waals surface area contributed by atoms with Crippen molar-refractivity contribution in [3.05, 3.63) is 11.7 Å². The van der Waals surface area contributed by atoms with Gasteiger partial charge in [0, 0.05) is 12.5 Å². The molecule has 0 aliphatic rings. The van der Waals surface area contributed by atoms with Crippen molar-refractivity contribution >= 4 is 5.97 Å². The van der Waals surface area contributed by atoms with Crippen molar-refractivity contribution in [1.82, 2.24) is 15.0 Å². The van der Waals surface area contributed by atoms with Crippen LogP contribution in [-0.4, -0.2) is 38.7 Å². The molecule has 1 aromatic heterocycles. The first-order chi connectivity index (χ1) is 7.52. The second kappa shape index (κ2) is 5.60. The molecule has 1 aromatic rings. The lowest BCUT2D eigenvalue weighted by Gasteiger charge is -2.22. The molecule has 6 heteroatoms. The van der Waals surface area contributed by atoms with Crippen molar-refractivity contribution in [2.75, 3.05) is 6.54 Å². The second-order valence-corrected chi connectivity index (χ2v) is 3.85. The molecule has 1 heterocycles. The molecule has 0 spiro atoms. The lowest BCUT2D eigenvalue weighted by atomic mass is 10.3. The van der Waals surface area contributed by atoms with Gasteiger partial charge in [-0.1, -0.05) is 12.1 Å². The first-order valence-corrected chi connectivity index (χ1v) is 5.30. The Morgan fingerprint density at radius 3 is 2.69 bits per heavy atom. The van der Waals surface area contributed by atoms with Crippen molar-refractivity contribution in [2.24, 2.45) is 0 Å². The van der Waals surface area contributed by atoms with Gasteiger partial charge in [0.15, 0.2) is 5.82 Å². The summed E-state index contributed by atoms with van der Waals surface area (Å²) in [5.74, 6) is 0.254. The van der Waals surface area contributed by atoms with Gasteiger partial charge < -0.3 is 9.63 Å². The number of nitrogens with zero attached hydrogens (tertiary/aromatic N) is 3. The van der Waals surface area contributed by atoms with Crippen molar-refractivity contribution in [3.8, 4) is 0 Å². The van der Waals surface area contributed by atoms with E-state index in [9.17, 15) is 4.79 Å². The van der Waals surface area contributed by atoms with E-state index in [2.05, 4.69) is 10.1 Å². The summed E-state index contributed by atoms with van der Waals surface area (Å²) in [5, 5.41) is 12.5. The van der Waals surface area contributed by atoms with E-state index in [1.807, 2.05) is 20.8 Å². The normalized spacial score (nSPS) is 11.3. The predicted octanol–water partition coefficient (Wildman–Crippen LogP) is 0.927. The third-order valence-electron chi connectivity index (χ3n) is 2.23. The number of aromatic nitrogens is 2. The first-order valence-electron chi connectivity index (χ1n) is 5.30. The summed E-state index contributed by atoms with van der Waals surface area (Å²) in [6.45, 7) is 6.14. The molecule has 16 heavy (non-hydrogen) atoms. The number of rotatable bonds is 6. The highest BCUT2D eigenvalue weighted by Gasteiger charge is 2.17. The minimum atomic E-state index is -0.857. The topological polar surface area (TPSA) is 79.5 Å². The van der Waals surface area contributed by atoms with Crippen LogP contribution in [0.3, 0.4) is 0 Å². The number of aryl methyl sites for hydroxylation is 1. The standard InChI is InChI=1S/C10H17N3O3/c1-4-8-11-9(16-12-8)5-13(7(2)3)6-10(14)15/h7H,4-6H2,1-3H3,(H,14,15). The zero-order valence-electron chi connectivity index (χ0n) is 9.80. The summed E-state index contributed by atoms with van der Waals surface area (Å²) >= 11 is 0. The fourth-order valence-corrected chi connectivity index (χ4v) is 1.27. The highest BCUT2D eigenvalue weighted by molar-refractivity contribution is 5.69. The molecule has 0 bridgehead atoms. The number of carboxylic acid groups (broad SMARTS) is 1. The summed E-state index contributed by atoms with van der Waals surface area (Å²) in [6.07, 6.45) is 0.712. The molecule has 0 aliphatic carbocycles. The molecule has 90 valence electrons. The molecular formula is C10H17N3O3. The fourth-order valence-electron chi connectivity index (χ4n) is 1.27. The fraction of sp³-hybridized carbons (Fsp3) is 0.700. The largest absolute Gasteiger partial charge is 0.480 e. The van der Waals surface area contributed by atoms with Gasteiger partial charge in [-0.15, -0.1) is 0 Å². The summed E-state index contributed by atoms with van der Waals surface area (Å²) < 4.78 is 5.02. The summed E-state index contributed by atoms with van der Waals surface area (Å²) in [4.78, 5) is 16.6. The molecular weight excluding hydrogens is 210 g/mol. The first kappa shape index (κ1) is 12.6. The average molecular weight is 227 g/mol. The van der Waals surface area contributed by atoms with Gasteiger partial charge in [0.2, 0.25) is 5.89 Å². The van der Waals surface area contributed by atoms with E-state index in [-0.39, 0.29) is 12.6 Å². The molecule has 0 amide bonds. The quantitative estimate of drug-likeness (QED) is 0.778. The highest BCUT2D eigenvalue weighted by atomic mass is 16.5. The molecule has 0 aromatic carbocycles. The van der Waals surface area contributed by atoms with Crippen molar-refractivity contribution in [2.45, 2.75) is 39.8 Å². The van der Waals surface area contributed by atoms with Gasteiger partial charge in [-0.2, -0.15) is 4.98 Å². The smallest absolute Gasteiger partial charge is 0.317 e. The molecule has 0 aliphatic heterocycles. The Labute approximate surface area is 94.3 Å². The minimum Gasteiger partial charge on any atom is -0.480 e. The van der Waals surface area contributed by atoms with Crippen LogP contribution in [0.4, 0.5) is 0 Å². The summed E-state index contributed by atoms with van der Waals surface area (Å²) in [5.41, 5.74) is 0. The Hall–Kier alpha value is -1.43. The molecule has 0 fully saturated rings. The Kier molecular flexibility index (Phi) is 4.42. The third-order valence-corrected chi connectivity index (χ3v) is 2.23. The molecule has 1 N–H and O–H groups in total. The van der Waals surface area contributed by atoms with Crippen LogP contribution in [0.15, 0.2) is 4.52 Å². The zero-order valence-corrected chi connectivity index (χ0v) is 9.80. The van der Waals surface area contributed by atoms with Gasteiger partial charge in [-0.05, 0) is 13.8 Å². The van der Waals surface area contributed by atoms with E-state index in [0.717, 1.165) is 0 Å². The van der Waals surface area contributed by atoms with Crippen molar-refractivity contribution in [3.63, 3.8) is 0 Å². The number of hydrogen-bond acceptors (Lipinski definition) is 5. The van der Waals surface area contributed by atoms with Crippen LogP contribution in [0.5, 0.6) is 0 Å². The maximum absolute atomic E-state index is 10.7. The molecule has 0 radical (unpaired) electrons. The number of carbonyl (C=O) groups is 1. The summed E-state index contributed by atoms with van der Waals surface area (Å²) in [7, 11) is 0. The molecule has 0 atom stereocenters. The lowest BCUT2D eigenvalue weighted by molar-refractivity contribution is -0.139. The molecule has 0 saturated carbocycles. The highest BCUT2D eigenvalue weighted by Crippen LogP contribution is 2.06. The Balaban J connectivity index is 2.63. The van der Waals surface area contributed by atoms with Crippen LogP contribution >= 0.6 is 0 Å². The number of carboxylic acids is 1. The molecule has 0 unspecified atom stereocenters. The lowest BCUT2D eigenvalue weighted by Crippen LogP contribution is -2.35. The van der Waals surface area contributed by atoms with Gasteiger partial charge in [0.05, 0.1) is 13.1 Å². The number of hydrogen-bond donors (Lipinski definition) is 1. The van der Waals surface area contributed by atoms with Crippen molar-refractivity contribution in [1.29, 1.82) is 0 Å². The average Bonchev–Trinajstić information content (AvgIpc) is 2.63. The van der Waals surface area contributed by atoms with Crippen molar-refractivity contribution < 1.29 is 14.4 Å². The summed E-state index contributed by atoms with van der Waals surface area (Å²) in [6, 6.07) is 0.119. The van der Waals surface area contributed by atoms with Crippen LogP contribution in [-0.2, 0) is 17.8 Å². The Morgan fingerprint density at radius 2 is 2.25 bits per heavy atom. The number of aliphatic carboxylic acids is 1. The van der Waals surface area contributed by atoms with Crippen LogP contribution < -0.4 is 0 Å². The van der Waals surface area contributed by atoms with E-state index >= 15 is 0 Å². The van der Waals surface area contributed by atoms with E-state index in [1.165, 1.54) is 0 Å². The van der Waals surface area contributed by atoms with Crippen LogP contribution in [0.1, 0.15) is 32.5 Å². The van der Waals surface area contributed by atoms with Crippen LogP contribution in [0, 0.1) is 0 Å². The van der Waals surface area contributed by atoms with Crippen LogP contribution in [0.25, 0.3) is 0 Å². The van der Waals surface area contributed by atoms with E-state index < -0.39 is 5.97 Å². The monoisotopic (exact) mass is 227 g/mol. The Bertz CT molecular complexity index is 349. The molecule has 1 rings (SSSR count). The molecule has 6 nitrogen and oxygen atoms in total.